The largest absolute Gasteiger partial charge is 0.331 e. The molecule has 0 spiro atoms. The van der Waals surface area contributed by atoms with E-state index in [1.54, 1.807) is 11.3 Å². The number of aromatic nitrogens is 1. The van der Waals surface area contributed by atoms with E-state index in [1.807, 2.05) is 79.0 Å². The average Bonchev–Trinajstić information content (AvgIpc) is 3.19. The molecular weight excluding hydrogens is 378 g/mol. The molecule has 1 heterocycles. The first-order valence-electron chi connectivity index (χ1n) is 9.35. The van der Waals surface area contributed by atoms with Gasteiger partial charge in [-0.25, -0.2) is 4.98 Å². The smallest absolute Gasteiger partial charge is 0.255 e. The van der Waals surface area contributed by atoms with Crippen LogP contribution in [0.5, 0.6) is 0 Å². The molecule has 5 heteroatoms. The van der Waals surface area contributed by atoms with Gasteiger partial charge in [-0.3, -0.25) is 4.79 Å². The van der Waals surface area contributed by atoms with Gasteiger partial charge in [-0.15, -0.1) is 11.3 Å². The maximum atomic E-state index is 12.5. The third-order valence-electron chi connectivity index (χ3n) is 4.62. The highest BCUT2D eigenvalue weighted by molar-refractivity contribution is 7.14. The number of nitrogens with one attached hydrogen (secondary N) is 2. The molecule has 0 aliphatic heterocycles. The molecule has 0 bridgehead atoms. The van der Waals surface area contributed by atoms with E-state index in [-0.39, 0.29) is 5.91 Å². The van der Waals surface area contributed by atoms with Crippen molar-refractivity contribution in [1.29, 1.82) is 0 Å². The van der Waals surface area contributed by atoms with Crippen molar-refractivity contribution in [1.82, 2.24) is 4.98 Å². The molecule has 0 fully saturated rings. The van der Waals surface area contributed by atoms with Gasteiger partial charge in [-0.05, 0) is 49.7 Å². The van der Waals surface area contributed by atoms with Crippen molar-refractivity contribution in [2.75, 3.05) is 10.6 Å². The summed E-state index contributed by atoms with van der Waals surface area (Å²) >= 11 is 1.56. The van der Waals surface area contributed by atoms with Gasteiger partial charge >= 0.3 is 0 Å². The lowest BCUT2D eigenvalue weighted by molar-refractivity contribution is 0.102. The lowest BCUT2D eigenvalue weighted by Crippen LogP contribution is -2.11. The number of benzene rings is 3. The lowest BCUT2D eigenvalue weighted by atomic mass is 10.1. The number of carbonyl (C=O) groups excluding carboxylic acids is 1. The Kier molecular flexibility index (Phi) is 5.40. The summed E-state index contributed by atoms with van der Waals surface area (Å²) in [4.78, 5) is 17.2. The molecule has 144 valence electrons. The van der Waals surface area contributed by atoms with E-state index in [0.29, 0.717) is 5.56 Å². The minimum absolute atomic E-state index is 0.123. The minimum Gasteiger partial charge on any atom is -0.331 e. The molecule has 0 saturated carbocycles. The molecule has 0 saturated heterocycles. The summed E-state index contributed by atoms with van der Waals surface area (Å²) in [6.45, 7) is 4.07. The van der Waals surface area contributed by atoms with E-state index in [9.17, 15) is 4.79 Å². The number of thiazole rings is 1. The van der Waals surface area contributed by atoms with E-state index in [2.05, 4.69) is 23.6 Å². The predicted octanol–water partition coefficient (Wildman–Crippen LogP) is 6.42. The normalized spacial score (nSPS) is 10.6. The first kappa shape index (κ1) is 18.9. The van der Waals surface area contributed by atoms with Crippen molar-refractivity contribution in [2.24, 2.45) is 0 Å². The number of hydrogen-bond acceptors (Lipinski definition) is 4. The second kappa shape index (κ2) is 8.29. The van der Waals surface area contributed by atoms with E-state index in [0.717, 1.165) is 33.3 Å². The number of para-hydroxylation sites is 1. The van der Waals surface area contributed by atoms with Crippen LogP contribution in [0.3, 0.4) is 0 Å². The SMILES string of the molecule is Cc1ccc(C(=O)Nc2cccc(-c3csc(Nc4ccccc4C)n3)c2)cc1. The van der Waals surface area contributed by atoms with Crippen molar-refractivity contribution in [2.45, 2.75) is 13.8 Å². The van der Waals surface area contributed by atoms with Crippen molar-refractivity contribution in [3.63, 3.8) is 0 Å². The summed E-state index contributed by atoms with van der Waals surface area (Å²) in [7, 11) is 0. The van der Waals surface area contributed by atoms with Crippen LogP contribution >= 0.6 is 11.3 Å². The second-order valence-electron chi connectivity index (χ2n) is 6.88. The Hall–Kier alpha value is -3.44. The zero-order valence-corrected chi connectivity index (χ0v) is 17.1. The van der Waals surface area contributed by atoms with E-state index < -0.39 is 0 Å². The fourth-order valence-electron chi connectivity index (χ4n) is 2.96. The monoisotopic (exact) mass is 399 g/mol. The third-order valence-corrected chi connectivity index (χ3v) is 5.38. The molecule has 0 aliphatic rings. The Bertz CT molecular complexity index is 1150. The molecule has 2 N–H and O–H groups in total. The van der Waals surface area contributed by atoms with Crippen molar-refractivity contribution in [3.05, 3.63) is 94.9 Å². The van der Waals surface area contributed by atoms with E-state index in [1.165, 1.54) is 5.56 Å². The van der Waals surface area contributed by atoms with Gasteiger partial charge in [0.2, 0.25) is 0 Å². The summed E-state index contributed by atoms with van der Waals surface area (Å²) in [6, 6.07) is 23.4. The van der Waals surface area contributed by atoms with Gasteiger partial charge in [0.05, 0.1) is 5.69 Å². The highest BCUT2D eigenvalue weighted by Gasteiger charge is 2.09. The Labute approximate surface area is 174 Å². The highest BCUT2D eigenvalue weighted by Crippen LogP contribution is 2.29. The van der Waals surface area contributed by atoms with Gasteiger partial charge in [0.15, 0.2) is 5.13 Å². The van der Waals surface area contributed by atoms with Gasteiger partial charge in [-0.2, -0.15) is 0 Å². The molecule has 0 aliphatic carbocycles. The molecule has 4 rings (SSSR count). The van der Waals surface area contributed by atoms with Crippen LogP contribution in [0.2, 0.25) is 0 Å². The number of rotatable bonds is 5. The molecule has 1 aromatic heterocycles. The molecular formula is C24H21N3OS. The van der Waals surface area contributed by atoms with E-state index >= 15 is 0 Å². The van der Waals surface area contributed by atoms with Crippen molar-refractivity contribution >= 4 is 33.8 Å². The predicted molar refractivity (Wildman–Crippen MR) is 121 cm³/mol. The lowest BCUT2D eigenvalue weighted by Gasteiger charge is -2.07. The summed E-state index contributed by atoms with van der Waals surface area (Å²) in [6.07, 6.45) is 0. The molecule has 4 aromatic rings. The van der Waals surface area contributed by atoms with Crippen LogP contribution in [-0.4, -0.2) is 10.9 Å². The molecule has 1 amide bonds. The Morgan fingerprint density at radius 2 is 1.72 bits per heavy atom. The Morgan fingerprint density at radius 3 is 2.52 bits per heavy atom. The number of carbonyl (C=O) groups is 1. The Morgan fingerprint density at radius 1 is 0.931 bits per heavy atom. The van der Waals surface area contributed by atoms with Crippen molar-refractivity contribution < 1.29 is 4.79 Å². The van der Waals surface area contributed by atoms with Crippen LogP contribution in [0.4, 0.5) is 16.5 Å². The molecule has 4 nitrogen and oxygen atoms in total. The van der Waals surface area contributed by atoms with Crippen LogP contribution in [0, 0.1) is 13.8 Å². The van der Waals surface area contributed by atoms with Gasteiger partial charge in [0, 0.05) is 27.9 Å². The van der Waals surface area contributed by atoms with Gasteiger partial charge in [0.25, 0.3) is 5.91 Å². The van der Waals surface area contributed by atoms with Crippen LogP contribution in [0.15, 0.2) is 78.2 Å². The fraction of sp³-hybridized carbons (Fsp3) is 0.0833. The molecule has 0 atom stereocenters. The highest BCUT2D eigenvalue weighted by atomic mass is 32.1. The molecule has 29 heavy (non-hydrogen) atoms. The van der Waals surface area contributed by atoms with Crippen LogP contribution in [-0.2, 0) is 0 Å². The zero-order chi connectivity index (χ0) is 20.2. The quantitative estimate of drug-likeness (QED) is 0.407. The Balaban J connectivity index is 1.50. The maximum absolute atomic E-state index is 12.5. The second-order valence-corrected chi connectivity index (χ2v) is 7.74. The molecule has 0 radical (unpaired) electrons. The zero-order valence-electron chi connectivity index (χ0n) is 16.3. The van der Waals surface area contributed by atoms with Crippen LogP contribution in [0.1, 0.15) is 21.5 Å². The number of aryl methyl sites for hydroxylation is 2. The summed E-state index contributed by atoms with van der Waals surface area (Å²) in [5, 5.41) is 9.19. The maximum Gasteiger partial charge on any atom is 0.255 e. The molecule has 0 unspecified atom stereocenters. The first-order valence-corrected chi connectivity index (χ1v) is 10.2. The number of amides is 1. The summed E-state index contributed by atoms with van der Waals surface area (Å²) in [5.74, 6) is -0.123. The number of nitrogens with zero attached hydrogens (tertiary/aromatic N) is 1. The average molecular weight is 400 g/mol. The number of hydrogen-bond donors (Lipinski definition) is 2. The van der Waals surface area contributed by atoms with Gasteiger partial charge in [-0.1, -0.05) is 48.0 Å². The summed E-state index contributed by atoms with van der Waals surface area (Å²) in [5.41, 5.74) is 6.56. The van der Waals surface area contributed by atoms with E-state index in [4.69, 9.17) is 4.98 Å². The first-order chi connectivity index (χ1) is 14.1. The topological polar surface area (TPSA) is 54.0 Å². The number of anilines is 3. The van der Waals surface area contributed by atoms with Crippen LogP contribution in [0.25, 0.3) is 11.3 Å². The van der Waals surface area contributed by atoms with Crippen molar-refractivity contribution in [3.8, 4) is 11.3 Å². The fourth-order valence-corrected chi connectivity index (χ4v) is 3.69. The third kappa shape index (κ3) is 4.52. The summed E-state index contributed by atoms with van der Waals surface area (Å²) < 4.78 is 0. The van der Waals surface area contributed by atoms with Crippen LogP contribution < -0.4 is 10.6 Å². The standard InChI is InChI=1S/C24H21N3OS/c1-16-10-12-18(13-11-16)23(28)25-20-8-5-7-19(14-20)22-15-29-24(27-22)26-21-9-4-3-6-17(21)2/h3-15H,1-2H3,(H,25,28)(H,26,27). The van der Waals surface area contributed by atoms with Gasteiger partial charge < -0.3 is 10.6 Å². The van der Waals surface area contributed by atoms with Gasteiger partial charge in [0.1, 0.15) is 0 Å². The minimum atomic E-state index is -0.123. The molecule has 3 aromatic carbocycles.